The topological polar surface area (TPSA) is 52.4 Å². The molecule has 0 bridgehead atoms. The van der Waals surface area contributed by atoms with Gasteiger partial charge in [-0.05, 0) is 23.6 Å². The van der Waals surface area contributed by atoms with Gasteiger partial charge in [0.2, 0.25) is 0 Å². The monoisotopic (exact) mass is 371 g/mol. The Balaban J connectivity index is 3.01. The zero-order chi connectivity index (χ0) is 18.3. The van der Waals surface area contributed by atoms with Crippen molar-refractivity contribution in [1.82, 2.24) is 0 Å². The van der Waals surface area contributed by atoms with E-state index in [0.717, 1.165) is 12.2 Å². The van der Waals surface area contributed by atoms with Crippen LogP contribution in [0.3, 0.4) is 0 Å². The lowest BCUT2D eigenvalue weighted by atomic mass is 10.0. The van der Waals surface area contributed by atoms with E-state index in [4.69, 9.17) is 11.6 Å². The second-order valence-electron chi connectivity index (χ2n) is 4.74. The third-order valence-corrected chi connectivity index (χ3v) is 3.32. The van der Waals surface area contributed by atoms with Crippen LogP contribution in [0.2, 0.25) is 0 Å². The van der Waals surface area contributed by atoms with Gasteiger partial charge in [0.15, 0.2) is 12.4 Å². The van der Waals surface area contributed by atoms with Crippen molar-refractivity contribution >= 4 is 11.6 Å². The van der Waals surface area contributed by atoms with Gasteiger partial charge < -0.3 is 4.74 Å². The number of nitro groups is 1. The number of allylic oxidation sites excluding steroid dienone is 2. The van der Waals surface area contributed by atoms with Crippen LogP contribution in [0.1, 0.15) is 6.92 Å². The molecule has 1 aliphatic carbocycles. The summed E-state index contributed by atoms with van der Waals surface area (Å²) in [6.07, 6.45) is -3.67. The number of hydrogen-bond donors (Lipinski definition) is 0. The van der Waals surface area contributed by atoms with Crippen molar-refractivity contribution in [2.45, 2.75) is 29.9 Å². The third kappa shape index (κ3) is 3.54. The lowest BCUT2D eigenvalue weighted by molar-refractivity contribution is -0.523. The highest BCUT2D eigenvalue weighted by Gasteiger charge is 2.73. The average Bonchev–Trinajstić information content (AvgIpc) is 2.38. The fourth-order valence-electron chi connectivity index (χ4n) is 1.54. The largest absolute Gasteiger partial charge is 0.483 e. The lowest BCUT2D eigenvalue weighted by Crippen LogP contribution is -2.54. The highest BCUT2D eigenvalue weighted by molar-refractivity contribution is 6.25. The maximum atomic E-state index is 13.1. The number of halogens is 8. The Hall–Kier alpha value is -1.52. The standard InChI is InChI=1S/C11H9ClF7NO3/c1-6-2-3-8(12,20(21)22)7(4-6)23-5-9(13,14)10(15,16)11(17,18)19/h2-4,6H,5H2,1H3. The van der Waals surface area contributed by atoms with Crippen molar-refractivity contribution in [1.29, 1.82) is 0 Å². The smallest absolute Gasteiger partial charge is 0.460 e. The zero-order valence-corrected chi connectivity index (χ0v) is 12.0. The van der Waals surface area contributed by atoms with Crippen molar-refractivity contribution in [2.75, 3.05) is 6.61 Å². The molecule has 2 unspecified atom stereocenters. The molecule has 0 aliphatic heterocycles. The first kappa shape index (κ1) is 19.5. The Bertz CT molecular complexity index is 546. The maximum absolute atomic E-state index is 13.1. The summed E-state index contributed by atoms with van der Waals surface area (Å²) in [5.74, 6) is -13.6. The van der Waals surface area contributed by atoms with Crippen LogP contribution in [0, 0.1) is 16.0 Å². The highest BCUT2D eigenvalue weighted by atomic mass is 35.5. The third-order valence-electron chi connectivity index (χ3n) is 2.87. The number of rotatable bonds is 5. The van der Waals surface area contributed by atoms with Crippen LogP contribution in [0.25, 0.3) is 0 Å². The number of ether oxygens (including phenoxy) is 1. The van der Waals surface area contributed by atoms with Gasteiger partial charge >= 0.3 is 23.0 Å². The Kier molecular flexibility index (Phi) is 4.96. The van der Waals surface area contributed by atoms with Crippen molar-refractivity contribution in [3.8, 4) is 0 Å². The molecule has 0 fully saturated rings. The van der Waals surface area contributed by atoms with Crippen molar-refractivity contribution < 1.29 is 40.4 Å². The molecule has 23 heavy (non-hydrogen) atoms. The normalized spacial score (nSPS) is 26.0. The van der Waals surface area contributed by atoms with Gasteiger partial charge in [0, 0.05) is 6.08 Å². The van der Waals surface area contributed by atoms with E-state index >= 15 is 0 Å². The summed E-state index contributed by atoms with van der Waals surface area (Å²) in [6, 6.07) is 0. The first-order chi connectivity index (χ1) is 10.1. The molecule has 12 heteroatoms. The fourth-order valence-corrected chi connectivity index (χ4v) is 1.73. The molecular weight excluding hydrogens is 363 g/mol. The van der Waals surface area contributed by atoms with E-state index < -0.39 is 46.2 Å². The van der Waals surface area contributed by atoms with Gasteiger partial charge in [0.25, 0.3) is 0 Å². The van der Waals surface area contributed by atoms with E-state index in [1.165, 1.54) is 13.0 Å². The molecule has 4 nitrogen and oxygen atoms in total. The molecule has 0 aromatic carbocycles. The van der Waals surface area contributed by atoms with Crippen LogP contribution >= 0.6 is 11.6 Å². The summed E-state index contributed by atoms with van der Waals surface area (Å²) >= 11 is 5.54. The van der Waals surface area contributed by atoms with Gasteiger partial charge in [-0.3, -0.25) is 10.1 Å². The second-order valence-corrected chi connectivity index (χ2v) is 5.32. The zero-order valence-electron chi connectivity index (χ0n) is 11.2. The van der Waals surface area contributed by atoms with Gasteiger partial charge in [-0.25, -0.2) is 0 Å². The Morgan fingerprint density at radius 1 is 1.30 bits per heavy atom. The molecule has 0 saturated heterocycles. The summed E-state index contributed by atoms with van der Waals surface area (Å²) in [4.78, 5) is 7.04. The Morgan fingerprint density at radius 2 is 1.83 bits per heavy atom. The minimum Gasteiger partial charge on any atom is -0.483 e. The molecule has 2 atom stereocenters. The molecule has 0 amide bonds. The summed E-state index contributed by atoms with van der Waals surface area (Å²) in [5, 5.41) is 10.9. The maximum Gasteiger partial charge on any atom is 0.460 e. The van der Waals surface area contributed by atoms with E-state index in [2.05, 4.69) is 4.74 Å². The van der Waals surface area contributed by atoms with Gasteiger partial charge in [-0.1, -0.05) is 13.0 Å². The van der Waals surface area contributed by atoms with E-state index in [9.17, 15) is 40.8 Å². The predicted molar refractivity (Wildman–Crippen MR) is 63.9 cm³/mol. The Morgan fingerprint density at radius 3 is 2.26 bits per heavy atom. The molecule has 0 saturated carbocycles. The van der Waals surface area contributed by atoms with E-state index in [1.54, 1.807) is 0 Å². The van der Waals surface area contributed by atoms with Gasteiger partial charge in [0.05, 0.1) is 4.92 Å². The highest BCUT2D eigenvalue weighted by Crippen LogP contribution is 2.47. The van der Waals surface area contributed by atoms with Gasteiger partial charge in [-0.15, -0.1) is 0 Å². The minimum atomic E-state index is -6.52. The molecule has 132 valence electrons. The second kappa shape index (κ2) is 5.84. The van der Waals surface area contributed by atoms with Gasteiger partial charge in [0.1, 0.15) is 0 Å². The molecule has 0 radical (unpaired) electrons. The molecule has 0 heterocycles. The fraction of sp³-hybridized carbons (Fsp3) is 0.636. The summed E-state index contributed by atoms with van der Waals surface area (Å²) in [6.45, 7) is -1.01. The molecule has 1 aliphatic rings. The molecule has 0 aromatic rings. The SMILES string of the molecule is CC1C=CC(Cl)([N+](=O)[O-])C(OCC(F)(F)C(F)(F)C(F)(F)F)=C1. The van der Waals surface area contributed by atoms with E-state index in [-0.39, 0.29) is 0 Å². The average molecular weight is 372 g/mol. The molecule has 0 spiro atoms. The van der Waals surface area contributed by atoms with Crippen molar-refractivity contribution in [3.63, 3.8) is 0 Å². The number of alkyl halides is 8. The van der Waals surface area contributed by atoms with Crippen molar-refractivity contribution in [3.05, 3.63) is 34.1 Å². The lowest BCUT2D eigenvalue weighted by Gasteiger charge is -2.30. The van der Waals surface area contributed by atoms with E-state index in [1.807, 2.05) is 0 Å². The first-order valence-electron chi connectivity index (χ1n) is 5.85. The number of hydrogen-bond acceptors (Lipinski definition) is 3. The number of nitrogens with zero attached hydrogens (tertiary/aromatic N) is 1. The van der Waals surface area contributed by atoms with Crippen LogP contribution < -0.4 is 0 Å². The minimum absolute atomic E-state index is 0.589. The molecular formula is C11H9ClF7NO3. The quantitative estimate of drug-likeness (QED) is 0.182. The predicted octanol–water partition coefficient (Wildman–Crippen LogP) is 4.14. The summed E-state index contributed by atoms with van der Waals surface area (Å²) in [5.41, 5.74) is 0. The Labute approximate surface area is 129 Å². The molecule has 0 N–H and O–H groups in total. The van der Waals surface area contributed by atoms with Gasteiger partial charge in [-0.2, -0.15) is 30.7 Å². The molecule has 1 rings (SSSR count). The summed E-state index contributed by atoms with van der Waals surface area (Å²) < 4.78 is 91.9. The van der Waals surface area contributed by atoms with Crippen LogP contribution in [0.5, 0.6) is 0 Å². The van der Waals surface area contributed by atoms with Crippen LogP contribution in [0.4, 0.5) is 30.7 Å². The molecule has 0 aromatic heterocycles. The first-order valence-corrected chi connectivity index (χ1v) is 6.23. The van der Waals surface area contributed by atoms with Crippen LogP contribution in [-0.4, -0.2) is 34.5 Å². The van der Waals surface area contributed by atoms with E-state index in [0.29, 0.717) is 0 Å². The van der Waals surface area contributed by atoms with Crippen LogP contribution in [-0.2, 0) is 4.74 Å². The van der Waals surface area contributed by atoms with Crippen molar-refractivity contribution in [2.24, 2.45) is 5.92 Å². The summed E-state index contributed by atoms with van der Waals surface area (Å²) in [7, 11) is 0. The van der Waals surface area contributed by atoms with Crippen LogP contribution in [0.15, 0.2) is 24.0 Å².